The van der Waals surface area contributed by atoms with E-state index in [4.69, 9.17) is 39.2 Å². The van der Waals surface area contributed by atoms with E-state index < -0.39 is 0 Å². The van der Waals surface area contributed by atoms with Crippen LogP contribution in [-0.4, -0.2) is 39.2 Å². The molecule has 0 heterocycles. The predicted molar refractivity (Wildman–Crippen MR) is 280 cm³/mol. The highest BCUT2D eigenvalue weighted by Gasteiger charge is 2.01. The van der Waals surface area contributed by atoms with Crippen molar-refractivity contribution >= 4 is 52.4 Å². The van der Waals surface area contributed by atoms with E-state index in [1.807, 2.05) is 86.6 Å². The first-order valence-electron chi connectivity index (χ1n) is 21.8. The second kappa shape index (κ2) is 50.3. The lowest BCUT2D eigenvalue weighted by molar-refractivity contribution is 0.921. The van der Waals surface area contributed by atoms with Crippen LogP contribution in [0.2, 0.25) is 31.6 Å². The van der Waals surface area contributed by atoms with Gasteiger partial charge in [-0.05, 0) is 86.1 Å². The zero-order valence-corrected chi connectivity index (χ0v) is 40.2. The third-order valence-corrected chi connectivity index (χ3v) is 6.91. The molecule has 312 valence electrons. The van der Waals surface area contributed by atoms with E-state index in [1.54, 1.807) is 0 Å². The van der Waals surface area contributed by atoms with Crippen molar-refractivity contribution in [3.63, 3.8) is 0 Å². The zero-order chi connectivity index (χ0) is 46.3. The molecule has 0 fully saturated rings. The minimum absolute atomic E-state index is 0.750. The Hall–Kier alpha value is -3.84. The van der Waals surface area contributed by atoms with Crippen molar-refractivity contribution in [3.8, 4) is 0 Å². The van der Waals surface area contributed by atoms with Gasteiger partial charge in [-0.25, -0.2) is 0 Å². The number of benzene rings is 5. The second-order valence-corrected chi connectivity index (χ2v) is 12.8. The molecule has 0 atom stereocenters. The van der Waals surface area contributed by atoms with Crippen molar-refractivity contribution in [2.75, 3.05) is 0 Å². The van der Waals surface area contributed by atoms with Gasteiger partial charge in [0.2, 0.25) is 0 Å². The van der Waals surface area contributed by atoms with E-state index in [0.29, 0.717) is 0 Å². The van der Waals surface area contributed by atoms with Gasteiger partial charge in [-0.15, -0.1) is 0 Å². The van der Waals surface area contributed by atoms with Crippen LogP contribution >= 0.6 is 0 Å². The molecule has 5 aromatic carbocycles. The number of aryl methyl sites for hydroxylation is 8. The molecule has 5 heteroatoms. The molecule has 4 bridgehead atoms. The van der Waals surface area contributed by atoms with Crippen molar-refractivity contribution in [3.05, 3.63) is 176 Å². The Morgan fingerprint density at radius 3 is 0.542 bits per heavy atom. The van der Waals surface area contributed by atoms with Gasteiger partial charge in [-0.2, -0.15) is 0 Å². The summed E-state index contributed by atoms with van der Waals surface area (Å²) in [6, 6.07) is 43.0. The molecular weight excluding hydrogens is 703 g/mol. The van der Waals surface area contributed by atoms with Crippen LogP contribution in [0.4, 0.5) is 0 Å². The standard InChI is InChI=1S/C16H16.2C8H10.C8H8.5C2H5B.2C2H6/c1-2-14-4-3-13(1)9-10-15-5-7-16(8-6-15)12-11-14;3*1-7-3-5-8(2)6-4-7;5*1-2-3;2*1-2/h1-8H,9-12H2;2*3-6H,1-2H3;3-6H,1-2H2;5*2H2,1H3;2*1-2H3. The zero-order valence-electron chi connectivity index (χ0n) is 40.2. The van der Waals surface area contributed by atoms with Crippen molar-refractivity contribution in [1.29, 1.82) is 0 Å². The van der Waals surface area contributed by atoms with Crippen LogP contribution in [0.5, 0.6) is 0 Å². The van der Waals surface area contributed by atoms with Crippen molar-refractivity contribution in [1.82, 2.24) is 0 Å². The van der Waals surface area contributed by atoms with Crippen LogP contribution in [0.25, 0.3) is 13.2 Å². The molecule has 0 spiro atoms. The average molecular weight is 784 g/mol. The van der Waals surface area contributed by atoms with Crippen LogP contribution in [0.1, 0.15) is 107 Å². The molecular formula is C54H81B5. The van der Waals surface area contributed by atoms with Gasteiger partial charge < -0.3 is 0 Å². The summed E-state index contributed by atoms with van der Waals surface area (Å²) in [6.07, 6.45) is 8.36. The van der Waals surface area contributed by atoms with Crippen LogP contribution in [0.3, 0.4) is 0 Å². The van der Waals surface area contributed by atoms with Crippen molar-refractivity contribution in [2.45, 2.75) is 147 Å². The topological polar surface area (TPSA) is 0 Å². The monoisotopic (exact) mass is 785 g/mol. The molecule has 0 saturated carbocycles. The normalized spacial score (nSPS) is 9.31. The summed E-state index contributed by atoms with van der Waals surface area (Å²) in [5.74, 6) is 0. The van der Waals surface area contributed by atoms with E-state index in [0.717, 1.165) is 67.7 Å². The Morgan fingerprint density at radius 2 is 0.424 bits per heavy atom. The van der Waals surface area contributed by atoms with E-state index in [2.05, 4.69) is 138 Å². The molecule has 0 aromatic heterocycles. The minimum atomic E-state index is 0.750. The largest absolute Gasteiger partial charge is 0.0918 e. The fourth-order valence-corrected chi connectivity index (χ4v) is 4.14. The molecule has 0 nitrogen and oxygen atoms in total. The smallest absolute Gasteiger partial charge is 0.0649 e. The number of hydrogen-bond acceptors (Lipinski definition) is 0. The molecule has 0 saturated heterocycles. The lowest BCUT2D eigenvalue weighted by atomic mass is 9.97. The first-order valence-corrected chi connectivity index (χ1v) is 21.8. The van der Waals surface area contributed by atoms with Gasteiger partial charge in [0.1, 0.15) is 0 Å². The van der Waals surface area contributed by atoms with Gasteiger partial charge in [-0.3, -0.25) is 0 Å². The second-order valence-electron chi connectivity index (χ2n) is 12.8. The summed E-state index contributed by atoms with van der Waals surface area (Å²) < 4.78 is 0. The maximum absolute atomic E-state index is 4.85. The van der Waals surface area contributed by atoms with Crippen LogP contribution in [0, 0.1) is 27.7 Å². The van der Waals surface area contributed by atoms with E-state index in [9.17, 15) is 0 Å². The predicted octanol–water partition coefficient (Wildman–Crippen LogP) is 13.7. The molecule has 0 aliphatic heterocycles. The Balaban J connectivity index is -0.000000199. The van der Waals surface area contributed by atoms with Crippen LogP contribution in [0.15, 0.2) is 121 Å². The molecule has 5 aromatic rings. The highest BCUT2D eigenvalue weighted by atomic mass is 14.1. The van der Waals surface area contributed by atoms with Gasteiger partial charge in [0.15, 0.2) is 0 Å². The van der Waals surface area contributed by atoms with E-state index in [-0.39, 0.29) is 0 Å². The SMILES string of the molecule is C=c1ccc(=C)cc1.CC.CC.Cc1ccc(C)cc1.Cc1ccc(C)cc1.[B]CC.[B]CC.[B]CC.[B]CC.[B]CC.c1cc2ccc1CCc1ccc(cc1)CC2. The Kier molecular flexibility index (Phi) is 54.8. The lowest BCUT2D eigenvalue weighted by Gasteiger charge is -2.09. The molecule has 59 heavy (non-hydrogen) atoms. The summed E-state index contributed by atoms with van der Waals surface area (Å²) in [4.78, 5) is 0. The molecule has 0 N–H and O–H groups in total. The summed E-state index contributed by atoms with van der Waals surface area (Å²) in [5, 5.41) is 2.08. The van der Waals surface area contributed by atoms with Gasteiger partial charge in [0.05, 0.1) is 39.2 Å². The maximum atomic E-state index is 4.85. The quantitative estimate of drug-likeness (QED) is 0.137. The van der Waals surface area contributed by atoms with Gasteiger partial charge in [0.25, 0.3) is 0 Å². The van der Waals surface area contributed by atoms with Crippen LogP contribution in [-0.2, 0) is 25.7 Å². The van der Waals surface area contributed by atoms with Gasteiger partial charge >= 0.3 is 0 Å². The lowest BCUT2D eigenvalue weighted by Crippen LogP contribution is -2.02. The maximum Gasteiger partial charge on any atom is 0.0649 e. The third-order valence-electron chi connectivity index (χ3n) is 6.91. The van der Waals surface area contributed by atoms with Gasteiger partial charge in [-0.1, -0.05) is 251 Å². The molecule has 4 aliphatic rings. The molecule has 0 amide bonds. The molecule has 9 rings (SSSR count). The highest BCUT2D eigenvalue weighted by Crippen LogP contribution is 2.15. The Morgan fingerprint density at radius 1 is 0.305 bits per heavy atom. The average Bonchev–Trinajstić information content (AvgIpc) is 3.23. The number of rotatable bonds is 0. The number of hydrogen-bond donors (Lipinski definition) is 0. The Bertz CT molecular complexity index is 1370. The molecule has 10 radical (unpaired) electrons. The van der Waals surface area contributed by atoms with Gasteiger partial charge in [0, 0.05) is 0 Å². The van der Waals surface area contributed by atoms with Crippen molar-refractivity contribution in [2.24, 2.45) is 0 Å². The fourth-order valence-electron chi connectivity index (χ4n) is 4.14. The first-order chi connectivity index (χ1) is 28.3. The molecule has 0 unspecified atom stereocenters. The fraction of sp³-hybridized carbons (Fsp3) is 0.407. The highest BCUT2D eigenvalue weighted by molar-refractivity contribution is 6.08. The Labute approximate surface area is 374 Å². The molecule has 4 aliphatic carbocycles. The summed E-state index contributed by atoms with van der Waals surface area (Å²) >= 11 is 0. The third kappa shape index (κ3) is 46.7. The van der Waals surface area contributed by atoms with Crippen molar-refractivity contribution < 1.29 is 0 Å². The summed E-state index contributed by atoms with van der Waals surface area (Å²) in [7, 11) is 24.2. The summed E-state index contributed by atoms with van der Waals surface area (Å²) in [6.45, 7) is 33.4. The first kappa shape index (κ1) is 64.3. The summed E-state index contributed by atoms with van der Waals surface area (Å²) in [5.41, 5.74) is 11.1. The minimum Gasteiger partial charge on any atom is -0.0918 e. The van der Waals surface area contributed by atoms with Crippen LogP contribution < -0.4 is 10.4 Å². The van der Waals surface area contributed by atoms with E-state index >= 15 is 0 Å². The van der Waals surface area contributed by atoms with E-state index in [1.165, 1.54) is 44.5 Å².